The topological polar surface area (TPSA) is 77.2 Å². The van der Waals surface area contributed by atoms with E-state index in [9.17, 15) is 13.6 Å². The number of hydrogen-bond acceptors (Lipinski definition) is 5. The van der Waals surface area contributed by atoms with Gasteiger partial charge >= 0.3 is 6.61 Å². The van der Waals surface area contributed by atoms with Gasteiger partial charge in [-0.3, -0.25) is 9.69 Å². The first kappa shape index (κ1) is 22.4. The van der Waals surface area contributed by atoms with Crippen molar-refractivity contribution >= 4 is 17.9 Å². The van der Waals surface area contributed by atoms with Gasteiger partial charge in [-0.25, -0.2) is 4.99 Å². The molecule has 0 spiro atoms. The third-order valence-corrected chi connectivity index (χ3v) is 5.07. The van der Waals surface area contributed by atoms with Crippen LogP contribution in [0.2, 0.25) is 0 Å². The summed E-state index contributed by atoms with van der Waals surface area (Å²) in [5.41, 5.74) is 6.63. The van der Waals surface area contributed by atoms with Gasteiger partial charge in [0.25, 0.3) is 5.91 Å². The minimum Gasteiger partial charge on any atom is -0.435 e. The Kier molecular flexibility index (Phi) is 7.02. The molecule has 6 nitrogen and oxygen atoms in total. The van der Waals surface area contributed by atoms with Gasteiger partial charge in [0.1, 0.15) is 5.75 Å². The largest absolute Gasteiger partial charge is 0.435 e. The number of ether oxygens (including phenoxy) is 2. The molecule has 1 heterocycles. The molecular formula is C23H25F2N3O3. The van der Waals surface area contributed by atoms with Crippen molar-refractivity contribution < 1.29 is 23.0 Å². The fourth-order valence-corrected chi connectivity index (χ4v) is 3.49. The van der Waals surface area contributed by atoms with Gasteiger partial charge in [0, 0.05) is 20.8 Å². The number of rotatable bonds is 9. The van der Waals surface area contributed by atoms with Crippen molar-refractivity contribution in [1.82, 2.24) is 4.90 Å². The van der Waals surface area contributed by atoms with Crippen molar-refractivity contribution in [2.45, 2.75) is 25.0 Å². The van der Waals surface area contributed by atoms with Crippen LogP contribution in [0.4, 0.5) is 8.78 Å². The Balaban J connectivity index is 2.00. The van der Waals surface area contributed by atoms with Crippen LogP contribution in [0.15, 0.2) is 59.6 Å². The molecule has 0 aliphatic carbocycles. The number of hydrogen-bond donors (Lipinski definition) is 1. The summed E-state index contributed by atoms with van der Waals surface area (Å²) in [7, 11) is 3.22. The minimum absolute atomic E-state index is 0.00241. The van der Waals surface area contributed by atoms with E-state index in [-0.39, 0.29) is 17.6 Å². The highest BCUT2D eigenvalue weighted by molar-refractivity contribution is 6.09. The number of aliphatic imine (C=N–C) groups is 1. The highest BCUT2D eigenvalue weighted by Gasteiger charge is 2.49. The Labute approximate surface area is 180 Å². The maximum atomic E-state index is 13.3. The van der Waals surface area contributed by atoms with Crippen molar-refractivity contribution in [2.75, 3.05) is 20.8 Å². The SMILES string of the molecule is COCCCC=Cc1cccc(C2(c3ccc(OC(F)F)cc3)N=C(N)N(C)C2=O)c1. The van der Waals surface area contributed by atoms with E-state index in [0.29, 0.717) is 17.7 Å². The van der Waals surface area contributed by atoms with E-state index in [1.807, 2.05) is 30.4 Å². The van der Waals surface area contributed by atoms with E-state index in [1.54, 1.807) is 32.4 Å². The lowest BCUT2D eigenvalue weighted by Gasteiger charge is -2.26. The third kappa shape index (κ3) is 4.74. The van der Waals surface area contributed by atoms with E-state index in [2.05, 4.69) is 9.73 Å². The van der Waals surface area contributed by atoms with E-state index in [1.165, 1.54) is 17.0 Å². The molecular weight excluding hydrogens is 404 g/mol. The summed E-state index contributed by atoms with van der Waals surface area (Å²) in [4.78, 5) is 19.1. The number of unbranched alkanes of at least 4 members (excludes halogenated alkanes) is 1. The van der Waals surface area contributed by atoms with Crippen LogP contribution < -0.4 is 10.5 Å². The average Bonchev–Trinajstić information content (AvgIpc) is 2.99. The molecule has 0 bridgehead atoms. The molecule has 2 aromatic carbocycles. The summed E-state index contributed by atoms with van der Waals surface area (Å²) in [6, 6.07) is 13.3. The summed E-state index contributed by atoms with van der Waals surface area (Å²) in [5, 5.41) is 0. The fourth-order valence-electron chi connectivity index (χ4n) is 3.49. The molecule has 0 aromatic heterocycles. The number of carbonyl (C=O) groups is 1. The molecule has 31 heavy (non-hydrogen) atoms. The standard InChI is InChI=1S/C23H25F2N3O3/c1-28-20(29)23(27-22(28)26,17-10-12-19(13-11-17)31-21(24)25)18-9-6-8-16(15-18)7-4-3-5-14-30-2/h4,6-13,15,21H,3,5,14H2,1-2H3,(H2,26,27). The summed E-state index contributed by atoms with van der Waals surface area (Å²) in [6.07, 6.45) is 5.79. The Bertz CT molecular complexity index is 976. The Morgan fingerprint density at radius 3 is 2.55 bits per heavy atom. The summed E-state index contributed by atoms with van der Waals surface area (Å²) in [5.74, 6) is -0.246. The van der Waals surface area contributed by atoms with Gasteiger partial charge in [-0.1, -0.05) is 42.5 Å². The van der Waals surface area contributed by atoms with Gasteiger partial charge in [0.2, 0.25) is 0 Å². The normalized spacial score (nSPS) is 18.8. The molecule has 1 unspecified atom stereocenters. The number of likely N-dealkylation sites (N-methyl/N-ethyl adjacent to an activating group) is 1. The predicted molar refractivity (Wildman–Crippen MR) is 115 cm³/mol. The summed E-state index contributed by atoms with van der Waals surface area (Å²) in [6.45, 7) is -2.24. The zero-order valence-corrected chi connectivity index (χ0v) is 17.4. The maximum Gasteiger partial charge on any atom is 0.387 e. The Morgan fingerprint density at radius 2 is 1.94 bits per heavy atom. The number of nitrogens with zero attached hydrogens (tertiary/aromatic N) is 2. The number of amides is 1. The molecule has 2 N–H and O–H groups in total. The van der Waals surface area contributed by atoms with E-state index >= 15 is 0 Å². The fraction of sp³-hybridized carbons (Fsp3) is 0.304. The molecule has 164 valence electrons. The number of benzene rings is 2. The van der Waals surface area contributed by atoms with Crippen molar-refractivity contribution in [2.24, 2.45) is 10.7 Å². The molecule has 0 saturated carbocycles. The molecule has 8 heteroatoms. The first-order valence-corrected chi connectivity index (χ1v) is 9.83. The van der Waals surface area contributed by atoms with Crippen LogP contribution in [0.5, 0.6) is 5.75 Å². The molecule has 2 aromatic rings. The van der Waals surface area contributed by atoms with Gasteiger partial charge in [-0.05, 0) is 47.7 Å². The number of alkyl halides is 2. The van der Waals surface area contributed by atoms with Crippen molar-refractivity contribution in [1.29, 1.82) is 0 Å². The maximum absolute atomic E-state index is 13.3. The van der Waals surface area contributed by atoms with E-state index < -0.39 is 12.2 Å². The van der Waals surface area contributed by atoms with Crippen molar-refractivity contribution in [3.8, 4) is 5.75 Å². The van der Waals surface area contributed by atoms with Crippen molar-refractivity contribution in [3.63, 3.8) is 0 Å². The summed E-state index contributed by atoms with van der Waals surface area (Å²) >= 11 is 0. The first-order valence-electron chi connectivity index (χ1n) is 9.83. The molecule has 0 saturated heterocycles. The van der Waals surface area contributed by atoms with Gasteiger partial charge in [0.05, 0.1) is 0 Å². The second-order valence-electron chi connectivity index (χ2n) is 7.11. The van der Waals surface area contributed by atoms with Crippen LogP contribution in [-0.4, -0.2) is 44.1 Å². The van der Waals surface area contributed by atoms with Crippen LogP contribution in [0.3, 0.4) is 0 Å². The lowest BCUT2D eigenvalue weighted by molar-refractivity contribution is -0.129. The molecule has 1 atom stereocenters. The smallest absolute Gasteiger partial charge is 0.387 e. The third-order valence-electron chi connectivity index (χ3n) is 5.07. The van der Waals surface area contributed by atoms with Gasteiger partial charge in [0.15, 0.2) is 11.5 Å². The second-order valence-corrected chi connectivity index (χ2v) is 7.11. The number of guanidine groups is 1. The van der Waals surface area contributed by atoms with Crippen LogP contribution in [0.25, 0.3) is 6.08 Å². The molecule has 1 amide bonds. The second kappa shape index (κ2) is 9.70. The number of methoxy groups -OCH3 is 1. The number of nitrogens with two attached hydrogens (primary N) is 1. The quantitative estimate of drug-likeness (QED) is 0.616. The summed E-state index contributed by atoms with van der Waals surface area (Å²) < 4.78 is 34.5. The molecule has 0 fully saturated rings. The Morgan fingerprint density at radius 1 is 1.19 bits per heavy atom. The Hall–Kier alpha value is -3.26. The zero-order valence-electron chi connectivity index (χ0n) is 17.4. The van der Waals surface area contributed by atoms with Crippen LogP contribution in [-0.2, 0) is 15.1 Å². The highest BCUT2D eigenvalue weighted by Crippen LogP contribution is 2.40. The van der Waals surface area contributed by atoms with E-state index in [4.69, 9.17) is 10.5 Å². The van der Waals surface area contributed by atoms with Gasteiger partial charge in [-0.2, -0.15) is 8.78 Å². The van der Waals surface area contributed by atoms with E-state index in [0.717, 1.165) is 18.4 Å². The van der Waals surface area contributed by atoms with Crippen LogP contribution >= 0.6 is 0 Å². The first-order chi connectivity index (χ1) is 14.9. The number of allylic oxidation sites excluding steroid dienone is 1. The minimum atomic E-state index is -2.93. The molecule has 0 radical (unpaired) electrons. The molecule has 1 aliphatic heterocycles. The predicted octanol–water partition coefficient (Wildman–Crippen LogP) is 3.76. The number of halogens is 2. The van der Waals surface area contributed by atoms with Crippen LogP contribution in [0, 0.1) is 0 Å². The van der Waals surface area contributed by atoms with Crippen molar-refractivity contribution in [3.05, 3.63) is 71.3 Å². The average molecular weight is 429 g/mol. The lowest BCUT2D eigenvalue weighted by atomic mass is 9.82. The van der Waals surface area contributed by atoms with Crippen LogP contribution in [0.1, 0.15) is 29.5 Å². The highest BCUT2D eigenvalue weighted by atomic mass is 19.3. The number of carbonyl (C=O) groups excluding carboxylic acids is 1. The monoisotopic (exact) mass is 429 g/mol. The van der Waals surface area contributed by atoms with Gasteiger partial charge in [-0.15, -0.1) is 0 Å². The zero-order chi connectivity index (χ0) is 22.4. The molecule has 1 aliphatic rings. The lowest BCUT2D eigenvalue weighted by Crippen LogP contribution is -2.41. The van der Waals surface area contributed by atoms with Gasteiger partial charge < -0.3 is 15.2 Å². The molecule has 3 rings (SSSR count).